The van der Waals surface area contributed by atoms with Crippen LogP contribution in [0.5, 0.6) is 0 Å². The minimum absolute atomic E-state index is 0.0715. The van der Waals surface area contributed by atoms with Crippen molar-refractivity contribution in [3.63, 3.8) is 0 Å². The Labute approximate surface area is 135 Å². The summed E-state index contributed by atoms with van der Waals surface area (Å²) in [5.41, 5.74) is 10.7. The summed E-state index contributed by atoms with van der Waals surface area (Å²) < 4.78 is 40.0. The largest absolute Gasteiger partial charge is 0.418 e. The van der Waals surface area contributed by atoms with Gasteiger partial charge < -0.3 is 0 Å². The number of halogens is 4. The van der Waals surface area contributed by atoms with E-state index in [1.54, 1.807) is 24.3 Å². The van der Waals surface area contributed by atoms with E-state index in [1.165, 1.54) is 12.3 Å². The van der Waals surface area contributed by atoms with E-state index in [9.17, 15) is 13.2 Å². The molecule has 0 bridgehead atoms. The Bertz CT molecular complexity index is 671. The van der Waals surface area contributed by atoms with Crippen LogP contribution in [0, 0.1) is 0 Å². The average Bonchev–Trinajstić information content (AvgIpc) is 3.03. The van der Waals surface area contributed by atoms with E-state index in [2.05, 4.69) is 26.9 Å². The second kappa shape index (κ2) is 6.42. The quantitative estimate of drug-likeness (QED) is 0.689. The van der Waals surface area contributed by atoms with Gasteiger partial charge in [-0.2, -0.15) is 24.2 Å². The molecule has 2 heterocycles. The molecule has 1 fully saturated rings. The number of nitrogens with one attached hydrogen (secondary N) is 4. The molecule has 9 heteroatoms. The van der Waals surface area contributed by atoms with Gasteiger partial charge in [-0.25, -0.2) is 10.9 Å². The summed E-state index contributed by atoms with van der Waals surface area (Å²) in [7, 11) is 0. The number of aromatic nitrogens is 1. The first-order valence-corrected chi connectivity index (χ1v) is 7.13. The summed E-state index contributed by atoms with van der Waals surface area (Å²) in [4.78, 5) is 4.00. The molecule has 122 valence electrons. The maximum Gasteiger partial charge on any atom is 0.418 e. The van der Waals surface area contributed by atoms with Crippen LogP contribution in [0.2, 0.25) is 5.02 Å². The van der Waals surface area contributed by atoms with Crippen LogP contribution in [-0.2, 0) is 6.18 Å². The Hall–Kier alpha value is -1.71. The van der Waals surface area contributed by atoms with Gasteiger partial charge in [0.15, 0.2) is 0 Å². The predicted octanol–water partition coefficient (Wildman–Crippen LogP) is 2.33. The maximum atomic E-state index is 13.3. The van der Waals surface area contributed by atoms with E-state index < -0.39 is 23.8 Å². The van der Waals surface area contributed by atoms with Gasteiger partial charge in [0, 0.05) is 11.2 Å². The Morgan fingerprint density at radius 2 is 1.70 bits per heavy atom. The molecule has 0 unspecified atom stereocenters. The molecule has 1 aromatic carbocycles. The molecule has 2 aromatic rings. The molecule has 4 N–H and O–H groups in total. The zero-order valence-corrected chi connectivity index (χ0v) is 12.4. The SMILES string of the molecule is FC(F)(F)c1cccnc1[C@H](c1ccc(Cl)cc1)C1NNNN1. The van der Waals surface area contributed by atoms with E-state index in [1.807, 2.05) is 0 Å². The summed E-state index contributed by atoms with van der Waals surface area (Å²) in [6, 6.07) is 8.94. The molecular weight excluding hydrogens is 331 g/mol. The Balaban J connectivity index is 2.11. The van der Waals surface area contributed by atoms with Crippen LogP contribution in [0.1, 0.15) is 22.7 Å². The molecular formula is C14H13ClF3N5. The van der Waals surface area contributed by atoms with E-state index in [0.717, 1.165) is 6.07 Å². The number of benzene rings is 1. The molecule has 23 heavy (non-hydrogen) atoms. The van der Waals surface area contributed by atoms with Crippen molar-refractivity contribution >= 4 is 11.6 Å². The molecule has 1 aliphatic rings. The Morgan fingerprint density at radius 1 is 1.04 bits per heavy atom. The second-order valence-corrected chi connectivity index (χ2v) is 5.42. The van der Waals surface area contributed by atoms with Crippen LogP contribution in [0.3, 0.4) is 0 Å². The molecule has 1 saturated heterocycles. The van der Waals surface area contributed by atoms with Gasteiger partial charge in [0.1, 0.15) is 0 Å². The third-order valence-electron chi connectivity index (χ3n) is 3.52. The van der Waals surface area contributed by atoms with Gasteiger partial charge in [0.05, 0.1) is 23.3 Å². The van der Waals surface area contributed by atoms with Crippen LogP contribution < -0.4 is 21.9 Å². The molecule has 1 aliphatic heterocycles. The zero-order valence-electron chi connectivity index (χ0n) is 11.7. The zero-order chi connectivity index (χ0) is 16.4. The van der Waals surface area contributed by atoms with Gasteiger partial charge in [0.2, 0.25) is 0 Å². The van der Waals surface area contributed by atoms with Crippen molar-refractivity contribution in [3.8, 4) is 0 Å². The molecule has 3 rings (SSSR count). The van der Waals surface area contributed by atoms with Gasteiger partial charge in [-0.3, -0.25) is 4.98 Å². The van der Waals surface area contributed by atoms with Gasteiger partial charge in [-0.05, 0) is 29.8 Å². The number of hydrazine groups is 3. The maximum absolute atomic E-state index is 13.3. The van der Waals surface area contributed by atoms with Crippen molar-refractivity contribution in [2.75, 3.05) is 0 Å². The minimum Gasteiger partial charge on any atom is -0.260 e. The number of rotatable bonds is 3. The van der Waals surface area contributed by atoms with E-state index in [0.29, 0.717) is 10.6 Å². The summed E-state index contributed by atoms with van der Waals surface area (Å²) in [6.07, 6.45) is -3.68. The number of hydrogen-bond donors (Lipinski definition) is 4. The highest BCUT2D eigenvalue weighted by Crippen LogP contribution is 2.37. The van der Waals surface area contributed by atoms with Crippen LogP contribution in [-0.4, -0.2) is 11.1 Å². The normalized spacial score (nSPS) is 17.4. The third-order valence-corrected chi connectivity index (χ3v) is 3.77. The predicted molar refractivity (Wildman–Crippen MR) is 78.9 cm³/mol. The molecule has 0 radical (unpaired) electrons. The molecule has 0 amide bonds. The van der Waals surface area contributed by atoms with Gasteiger partial charge in [-0.1, -0.05) is 23.7 Å². The van der Waals surface area contributed by atoms with Crippen molar-refractivity contribution in [1.29, 1.82) is 0 Å². The van der Waals surface area contributed by atoms with Crippen LogP contribution >= 0.6 is 11.6 Å². The number of hydrogen-bond acceptors (Lipinski definition) is 5. The lowest BCUT2D eigenvalue weighted by atomic mass is 9.89. The summed E-state index contributed by atoms with van der Waals surface area (Å²) in [5, 5.41) is 0.508. The summed E-state index contributed by atoms with van der Waals surface area (Å²) in [5.74, 6) is -0.687. The van der Waals surface area contributed by atoms with Crippen LogP contribution in [0.25, 0.3) is 0 Å². The van der Waals surface area contributed by atoms with Crippen molar-refractivity contribution in [3.05, 3.63) is 64.4 Å². The fourth-order valence-corrected chi connectivity index (χ4v) is 2.64. The molecule has 0 aliphatic carbocycles. The average molecular weight is 344 g/mol. The van der Waals surface area contributed by atoms with Crippen molar-refractivity contribution < 1.29 is 13.2 Å². The third kappa shape index (κ3) is 3.46. The lowest BCUT2D eigenvalue weighted by molar-refractivity contribution is -0.138. The van der Waals surface area contributed by atoms with Gasteiger partial charge >= 0.3 is 6.18 Å². The Kier molecular flexibility index (Phi) is 4.51. The minimum atomic E-state index is -4.49. The highest BCUT2D eigenvalue weighted by Gasteiger charge is 2.39. The number of nitrogens with zero attached hydrogens (tertiary/aromatic N) is 1. The first-order chi connectivity index (χ1) is 11.0. The molecule has 0 spiro atoms. The summed E-state index contributed by atoms with van der Waals surface area (Å²) >= 11 is 5.87. The van der Waals surface area contributed by atoms with E-state index in [-0.39, 0.29) is 5.69 Å². The molecule has 1 atom stereocenters. The highest BCUT2D eigenvalue weighted by molar-refractivity contribution is 6.30. The first-order valence-electron chi connectivity index (χ1n) is 6.75. The number of pyridine rings is 1. The fourth-order valence-electron chi connectivity index (χ4n) is 2.51. The smallest absolute Gasteiger partial charge is 0.260 e. The molecule has 1 aromatic heterocycles. The standard InChI is InChI=1S/C14H13ClF3N5/c15-9-5-3-8(4-6-9)11(13-20-22-23-21-13)12-10(14(16,17)18)2-1-7-19-12/h1-7,11,13,20-23H/t11-/m0/s1. The van der Waals surface area contributed by atoms with Crippen molar-refractivity contribution in [1.82, 2.24) is 26.9 Å². The van der Waals surface area contributed by atoms with Crippen molar-refractivity contribution in [2.45, 2.75) is 18.3 Å². The monoisotopic (exact) mass is 343 g/mol. The van der Waals surface area contributed by atoms with Crippen LogP contribution in [0.15, 0.2) is 42.6 Å². The lowest BCUT2D eigenvalue weighted by Gasteiger charge is -2.25. The van der Waals surface area contributed by atoms with E-state index in [4.69, 9.17) is 11.6 Å². The van der Waals surface area contributed by atoms with Crippen LogP contribution in [0.4, 0.5) is 13.2 Å². The first kappa shape index (κ1) is 16.2. The fraction of sp³-hybridized carbons (Fsp3) is 0.214. The highest BCUT2D eigenvalue weighted by atomic mass is 35.5. The van der Waals surface area contributed by atoms with Crippen molar-refractivity contribution in [2.24, 2.45) is 0 Å². The second-order valence-electron chi connectivity index (χ2n) is 4.98. The molecule has 5 nitrogen and oxygen atoms in total. The van der Waals surface area contributed by atoms with Gasteiger partial charge in [-0.15, -0.1) is 0 Å². The molecule has 0 saturated carbocycles. The summed E-state index contributed by atoms with van der Waals surface area (Å²) in [6.45, 7) is 0. The van der Waals surface area contributed by atoms with E-state index >= 15 is 0 Å². The number of alkyl halides is 3. The topological polar surface area (TPSA) is 61.0 Å². The lowest BCUT2D eigenvalue weighted by Crippen LogP contribution is -2.41. The van der Waals surface area contributed by atoms with Gasteiger partial charge in [0.25, 0.3) is 0 Å². The Morgan fingerprint density at radius 3 is 2.30 bits per heavy atom.